The third kappa shape index (κ3) is 7.60. The number of hydrogen-bond acceptors (Lipinski definition) is 3. The van der Waals surface area contributed by atoms with E-state index in [0.717, 1.165) is 24.6 Å². The minimum absolute atomic E-state index is 1.10. The standard InChI is InChI=1S/C18H23NS2/c1-3-7-17(8-4-1)15-20-13-11-19-12-14-21-16-18-9-5-2-6-10-18/h1-10,19H,11-16H2. The van der Waals surface area contributed by atoms with Crippen molar-refractivity contribution in [3.8, 4) is 0 Å². The summed E-state index contributed by atoms with van der Waals surface area (Å²) in [5.74, 6) is 4.59. The Hall–Kier alpha value is -0.900. The Morgan fingerprint density at radius 2 is 1.05 bits per heavy atom. The van der Waals surface area contributed by atoms with Gasteiger partial charge in [0.2, 0.25) is 0 Å². The average molecular weight is 318 g/mol. The summed E-state index contributed by atoms with van der Waals surface area (Å²) >= 11 is 4.00. The molecule has 0 bridgehead atoms. The van der Waals surface area contributed by atoms with Gasteiger partial charge in [-0.1, -0.05) is 60.7 Å². The maximum absolute atomic E-state index is 3.52. The Kier molecular flexibility index (Phi) is 8.45. The van der Waals surface area contributed by atoms with Crippen molar-refractivity contribution in [3.63, 3.8) is 0 Å². The monoisotopic (exact) mass is 317 g/mol. The summed E-state index contributed by atoms with van der Waals surface area (Å²) in [5, 5.41) is 3.52. The quantitative estimate of drug-likeness (QED) is 0.651. The van der Waals surface area contributed by atoms with Crippen LogP contribution in [-0.4, -0.2) is 24.6 Å². The van der Waals surface area contributed by atoms with E-state index in [1.807, 2.05) is 23.5 Å². The van der Waals surface area contributed by atoms with Gasteiger partial charge in [0, 0.05) is 36.1 Å². The van der Waals surface area contributed by atoms with Crippen LogP contribution in [0.5, 0.6) is 0 Å². The number of benzene rings is 2. The van der Waals surface area contributed by atoms with Crippen LogP contribution in [0.15, 0.2) is 60.7 Å². The Morgan fingerprint density at radius 3 is 1.48 bits per heavy atom. The van der Waals surface area contributed by atoms with Crippen molar-refractivity contribution in [1.29, 1.82) is 0 Å². The molecule has 0 atom stereocenters. The van der Waals surface area contributed by atoms with Gasteiger partial charge in [-0.15, -0.1) is 0 Å². The molecule has 112 valence electrons. The van der Waals surface area contributed by atoms with Crippen LogP contribution in [0.4, 0.5) is 0 Å². The minimum atomic E-state index is 1.10. The highest BCUT2D eigenvalue weighted by Gasteiger charge is 1.94. The molecule has 0 saturated heterocycles. The molecule has 0 aliphatic carbocycles. The molecule has 0 amide bonds. The number of rotatable bonds is 10. The SMILES string of the molecule is c1ccc(CSCCNCCSCc2ccccc2)cc1. The lowest BCUT2D eigenvalue weighted by atomic mass is 10.2. The molecule has 1 N–H and O–H groups in total. The molecule has 0 unspecified atom stereocenters. The molecule has 0 heterocycles. The molecular formula is C18H23NS2. The molecule has 0 aliphatic rings. The molecule has 2 rings (SSSR count). The zero-order valence-electron chi connectivity index (χ0n) is 12.3. The number of thioether (sulfide) groups is 2. The fraction of sp³-hybridized carbons (Fsp3) is 0.333. The molecule has 0 saturated carbocycles. The van der Waals surface area contributed by atoms with E-state index in [1.54, 1.807) is 0 Å². The van der Waals surface area contributed by atoms with E-state index in [-0.39, 0.29) is 0 Å². The largest absolute Gasteiger partial charge is 0.315 e. The first-order chi connectivity index (χ1) is 10.4. The lowest BCUT2D eigenvalue weighted by Crippen LogP contribution is -2.20. The van der Waals surface area contributed by atoms with Crippen molar-refractivity contribution in [1.82, 2.24) is 5.32 Å². The molecule has 0 fully saturated rings. The lowest BCUT2D eigenvalue weighted by molar-refractivity contribution is 0.774. The van der Waals surface area contributed by atoms with Gasteiger partial charge in [0.25, 0.3) is 0 Å². The van der Waals surface area contributed by atoms with Crippen LogP contribution >= 0.6 is 23.5 Å². The summed E-state index contributed by atoms with van der Waals surface area (Å²) in [7, 11) is 0. The van der Waals surface area contributed by atoms with Crippen molar-refractivity contribution in [2.24, 2.45) is 0 Å². The molecule has 2 aromatic carbocycles. The van der Waals surface area contributed by atoms with Crippen molar-refractivity contribution >= 4 is 23.5 Å². The number of hydrogen-bond donors (Lipinski definition) is 1. The molecule has 0 radical (unpaired) electrons. The highest BCUT2D eigenvalue weighted by atomic mass is 32.2. The van der Waals surface area contributed by atoms with E-state index in [0.29, 0.717) is 0 Å². The second-order valence-corrected chi connectivity index (χ2v) is 7.04. The summed E-state index contributed by atoms with van der Waals surface area (Å²) in [6.07, 6.45) is 0. The first kappa shape index (κ1) is 16.5. The minimum Gasteiger partial charge on any atom is -0.315 e. The molecule has 1 nitrogen and oxygen atoms in total. The van der Waals surface area contributed by atoms with Gasteiger partial charge in [-0.3, -0.25) is 0 Å². The van der Waals surface area contributed by atoms with E-state index in [9.17, 15) is 0 Å². The third-order valence-corrected chi connectivity index (χ3v) is 5.13. The Balaban J connectivity index is 1.40. The summed E-state index contributed by atoms with van der Waals surface area (Å²) in [6, 6.07) is 21.4. The Bertz CT molecular complexity index is 428. The predicted octanol–water partition coefficient (Wildman–Crippen LogP) is 4.44. The lowest BCUT2D eigenvalue weighted by Gasteiger charge is -2.05. The van der Waals surface area contributed by atoms with Crippen LogP contribution in [0.25, 0.3) is 0 Å². The summed E-state index contributed by atoms with van der Waals surface area (Å²) in [4.78, 5) is 0. The second-order valence-electron chi connectivity index (χ2n) is 4.83. The average Bonchev–Trinajstić information content (AvgIpc) is 2.55. The molecule has 0 spiro atoms. The van der Waals surface area contributed by atoms with Crippen LogP contribution in [-0.2, 0) is 11.5 Å². The summed E-state index contributed by atoms with van der Waals surface area (Å²) in [6.45, 7) is 2.20. The van der Waals surface area contributed by atoms with Crippen LogP contribution in [0.3, 0.4) is 0 Å². The molecule has 0 aromatic heterocycles. The predicted molar refractivity (Wildman–Crippen MR) is 98.1 cm³/mol. The van der Waals surface area contributed by atoms with Crippen LogP contribution in [0.2, 0.25) is 0 Å². The highest BCUT2D eigenvalue weighted by Crippen LogP contribution is 2.11. The van der Waals surface area contributed by atoms with E-state index >= 15 is 0 Å². The zero-order chi connectivity index (χ0) is 14.6. The van der Waals surface area contributed by atoms with Crippen molar-refractivity contribution in [2.75, 3.05) is 24.6 Å². The normalized spacial score (nSPS) is 10.7. The van der Waals surface area contributed by atoms with Gasteiger partial charge in [-0.05, 0) is 11.1 Å². The van der Waals surface area contributed by atoms with Crippen LogP contribution in [0, 0.1) is 0 Å². The zero-order valence-corrected chi connectivity index (χ0v) is 14.0. The maximum atomic E-state index is 3.52. The molecule has 0 aliphatic heterocycles. The third-order valence-electron chi connectivity index (χ3n) is 3.07. The molecule has 3 heteroatoms. The smallest absolute Gasteiger partial charge is 0.0185 e. The van der Waals surface area contributed by atoms with E-state index in [1.165, 1.54) is 22.6 Å². The van der Waals surface area contributed by atoms with Gasteiger partial charge < -0.3 is 5.32 Å². The van der Waals surface area contributed by atoms with E-state index in [2.05, 4.69) is 66.0 Å². The van der Waals surface area contributed by atoms with E-state index < -0.39 is 0 Å². The van der Waals surface area contributed by atoms with Gasteiger partial charge in [0.05, 0.1) is 0 Å². The van der Waals surface area contributed by atoms with Crippen molar-refractivity contribution < 1.29 is 0 Å². The van der Waals surface area contributed by atoms with Gasteiger partial charge in [-0.2, -0.15) is 23.5 Å². The Morgan fingerprint density at radius 1 is 0.619 bits per heavy atom. The fourth-order valence-corrected chi connectivity index (χ4v) is 3.66. The Labute approximate surface area is 136 Å². The topological polar surface area (TPSA) is 12.0 Å². The molecule has 21 heavy (non-hydrogen) atoms. The van der Waals surface area contributed by atoms with Gasteiger partial charge >= 0.3 is 0 Å². The fourth-order valence-electron chi connectivity index (χ4n) is 1.94. The van der Waals surface area contributed by atoms with Gasteiger partial charge in [-0.25, -0.2) is 0 Å². The maximum Gasteiger partial charge on any atom is 0.0185 e. The van der Waals surface area contributed by atoms with Gasteiger partial charge in [0.1, 0.15) is 0 Å². The summed E-state index contributed by atoms with van der Waals surface area (Å²) in [5.41, 5.74) is 2.84. The van der Waals surface area contributed by atoms with Crippen molar-refractivity contribution in [2.45, 2.75) is 11.5 Å². The van der Waals surface area contributed by atoms with Crippen molar-refractivity contribution in [3.05, 3.63) is 71.8 Å². The second kappa shape index (κ2) is 10.8. The first-order valence-electron chi connectivity index (χ1n) is 7.39. The van der Waals surface area contributed by atoms with Crippen LogP contribution in [0.1, 0.15) is 11.1 Å². The molecular weight excluding hydrogens is 294 g/mol. The first-order valence-corrected chi connectivity index (χ1v) is 9.70. The summed E-state index contributed by atoms with van der Waals surface area (Å²) < 4.78 is 0. The number of nitrogens with one attached hydrogen (secondary N) is 1. The molecule has 2 aromatic rings. The highest BCUT2D eigenvalue weighted by molar-refractivity contribution is 7.98. The van der Waals surface area contributed by atoms with Gasteiger partial charge in [0.15, 0.2) is 0 Å². The van der Waals surface area contributed by atoms with E-state index in [4.69, 9.17) is 0 Å². The van der Waals surface area contributed by atoms with Crippen LogP contribution < -0.4 is 5.32 Å².